The van der Waals surface area contributed by atoms with Gasteiger partial charge in [-0.25, -0.2) is 4.79 Å². The van der Waals surface area contributed by atoms with Gasteiger partial charge < -0.3 is 20.1 Å². The van der Waals surface area contributed by atoms with Gasteiger partial charge in [0.1, 0.15) is 11.3 Å². The lowest BCUT2D eigenvalue weighted by Gasteiger charge is -2.16. The molecule has 142 valence electrons. The zero-order chi connectivity index (χ0) is 18.7. The topological polar surface area (TPSA) is 87.0 Å². The molecular formula is C20H32O5. The van der Waals surface area contributed by atoms with Gasteiger partial charge in [0, 0.05) is 0 Å². The molecule has 1 aromatic carbocycles. The largest absolute Gasteiger partial charge is 0.504 e. The number of hydrogen-bond donors (Lipinski definition) is 3. The van der Waals surface area contributed by atoms with Gasteiger partial charge in [-0.15, -0.1) is 0 Å². The Morgan fingerprint density at radius 1 is 0.960 bits per heavy atom. The average molecular weight is 352 g/mol. The van der Waals surface area contributed by atoms with Crippen LogP contribution in [0.2, 0.25) is 0 Å². The van der Waals surface area contributed by atoms with Crippen LogP contribution in [0.15, 0.2) is 6.07 Å². The molecule has 0 fully saturated rings. The molecule has 0 bridgehead atoms. The molecule has 5 heteroatoms. The van der Waals surface area contributed by atoms with Gasteiger partial charge in [0.2, 0.25) is 0 Å². The van der Waals surface area contributed by atoms with E-state index in [0.29, 0.717) is 18.6 Å². The van der Waals surface area contributed by atoms with E-state index >= 15 is 0 Å². The Bertz CT molecular complexity index is 539. The van der Waals surface area contributed by atoms with Crippen LogP contribution in [0.3, 0.4) is 0 Å². The first-order chi connectivity index (χ1) is 12.0. The third kappa shape index (κ3) is 6.85. The van der Waals surface area contributed by atoms with Crippen molar-refractivity contribution >= 4 is 5.97 Å². The van der Waals surface area contributed by atoms with Crippen LogP contribution in [0.4, 0.5) is 0 Å². The second kappa shape index (κ2) is 11.6. The minimum Gasteiger partial charge on any atom is -0.504 e. The van der Waals surface area contributed by atoms with Crippen molar-refractivity contribution in [2.75, 3.05) is 6.61 Å². The van der Waals surface area contributed by atoms with Crippen LogP contribution in [-0.4, -0.2) is 27.9 Å². The van der Waals surface area contributed by atoms with Crippen LogP contribution in [0.1, 0.15) is 87.6 Å². The normalized spacial score (nSPS) is 10.8. The first-order valence-electron chi connectivity index (χ1n) is 9.46. The summed E-state index contributed by atoms with van der Waals surface area (Å²) in [5.41, 5.74) is 0.310. The van der Waals surface area contributed by atoms with Gasteiger partial charge in [0.05, 0.1) is 6.61 Å². The summed E-state index contributed by atoms with van der Waals surface area (Å²) < 4.78 is 5.75. The highest BCUT2D eigenvalue weighted by atomic mass is 16.5. The number of aromatic carboxylic acids is 1. The number of carbonyl (C=O) groups is 1. The Labute approximate surface area is 150 Å². The zero-order valence-corrected chi connectivity index (χ0v) is 15.5. The second-order valence-corrected chi connectivity index (χ2v) is 6.49. The second-order valence-electron chi connectivity index (χ2n) is 6.49. The van der Waals surface area contributed by atoms with E-state index < -0.39 is 17.5 Å². The number of rotatable bonds is 13. The van der Waals surface area contributed by atoms with Crippen molar-refractivity contribution in [3.63, 3.8) is 0 Å². The number of unbranched alkanes of at least 4 members (excludes halogenated alkanes) is 7. The molecule has 0 spiro atoms. The lowest BCUT2D eigenvalue weighted by molar-refractivity contribution is 0.0687. The van der Waals surface area contributed by atoms with E-state index in [1.807, 2.05) is 0 Å². The fraction of sp³-hybridized carbons (Fsp3) is 0.650. The van der Waals surface area contributed by atoms with Gasteiger partial charge in [-0.05, 0) is 30.9 Å². The first-order valence-corrected chi connectivity index (χ1v) is 9.46. The van der Waals surface area contributed by atoms with Gasteiger partial charge in [0.15, 0.2) is 11.5 Å². The fourth-order valence-corrected chi connectivity index (χ4v) is 2.87. The SMILES string of the molecule is CCCCCCCCOc1c(CCCCC)cc(O)c(O)c1C(=O)O. The van der Waals surface area contributed by atoms with E-state index in [4.69, 9.17) is 4.74 Å². The number of carboxylic acid groups (broad SMARTS) is 1. The Kier molecular flexibility index (Phi) is 9.81. The number of phenols is 2. The van der Waals surface area contributed by atoms with Crippen LogP contribution in [-0.2, 0) is 6.42 Å². The number of hydrogen-bond acceptors (Lipinski definition) is 4. The molecule has 0 saturated heterocycles. The Morgan fingerprint density at radius 2 is 1.56 bits per heavy atom. The van der Waals surface area contributed by atoms with Crippen LogP contribution in [0.5, 0.6) is 17.2 Å². The predicted octanol–water partition coefficient (Wildman–Crippen LogP) is 5.27. The summed E-state index contributed by atoms with van der Waals surface area (Å²) >= 11 is 0. The number of carboxylic acids is 1. The average Bonchev–Trinajstić information content (AvgIpc) is 2.57. The molecule has 0 saturated carbocycles. The summed E-state index contributed by atoms with van der Waals surface area (Å²) in [6.45, 7) is 4.68. The molecule has 0 heterocycles. The maximum absolute atomic E-state index is 11.5. The molecule has 0 aromatic heterocycles. The highest BCUT2D eigenvalue weighted by Gasteiger charge is 2.24. The fourth-order valence-electron chi connectivity index (χ4n) is 2.87. The van der Waals surface area contributed by atoms with Gasteiger partial charge in [-0.1, -0.05) is 58.8 Å². The first kappa shape index (κ1) is 21.1. The van der Waals surface area contributed by atoms with Gasteiger partial charge >= 0.3 is 5.97 Å². The number of ether oxygens (including phenoxy) is 1. The summed E-state index contributed by atoms with van der Waals surface area (Å²) in [6.07, 6.45) is 10.2. The molecule has 5 nitrogen and oxygen atoms in total. The Balaban J connectivity index is 2.81. The molecule has 0 unspecified atom stereocenters. The standard InChI is InChI=1S/C20H32O5/c1-3-5-7-8-9-11-13-25-19-15(12-10-6-4-2)14-16(21)18(22)17(19)20(23)24/h14,21-22H,3-13H2,1-2H3,(H,23,24). The maximum atomic E-state index is 11.5. The molecule has 0 aliphatic heterocycles. The minimum atomic E-state index is -1.29. The van der Waals surface area contributed by atoms with Crippen molar-refractivity contribution in [2.24, 2.45) is 0 Å². The number of phenolic OH excluding ortho intramolecular Hbond substituents is 1. The quantitative estimate of drug-likeness (QED) is 0.332. The third-order valence-corrected chi connectivity index (χ3v) is 4.32. The number of benzene rings is 1. The van der Waals surface area contributed by atoms with E-state index in [1.54, 1.807) is 0 Å². The highest BCUT2D eigenvalue weighted by Crippen LogP contribution is 2.40. The molecule has 0 aliphatic rings. The Morgan fingerprint density at radius 3 is 2.20 bits per heavy atom. The molecule has 0 amide bonds. The van der Waals surface area contributed by atoms with Crippen molar-refractivity contribution in [3.8, 4) is 17.2 Å². The summed E-state index contributed by atoms with van der Waals surface area (Å²) in [5, 5.41) is 29.2. The van der Waals surface area contributed by atoms with Crippen molar-refractivity contribution in [1.29, 1.82) is 0 Å². The Hall–Kier alpha value is -1.91. The van der Waals surface area contributed by atoms with Crippen molar-refractivity contribution < 1.29 is 24.9 Å². The summed E-state index contributed by atoms with van der Waals surface area (Å²) in [4.78, 5) is 11.5. The highest BCUT2D eigenvalue weighted by molar-refractivity contribution is 5.95. The zero-order valence-electron chi connectivity index (χ0n) is 15.5. The molecule has 1 rings (SSSR count). The number of aromatic hydroxyl groups is 2. The lowest BCUT2D eigenvalue weighted by atomic mass is 10.0. The van der Waals surface area contributed by atoms with E-state index in [-0.39, 0.29) is 11.3 Å². The molecular weight excluding hydrogens is 320 g/mol. The van der Waals surface area contributed by atoms with E-state index in [0.717, 1.165) is 38.5 Å². The van der Waals surface area contributed by atoms with E-state index in [9.17, 15) is 20.1 Å². The summed E-state index contributed by atoms with van der Waals surface area (Å²) in [6, 6.07) is 1.42. The molecule has 0 radical (unpaired) electrons. The molecule has 1 aromatic rings. The van der Waals surface area contributed by atoms with Crippen LogP contribution in [0.25, 0.3) is 0 Å². The lowest BCUT2D eigenvalue weighted by Crippen LogP contribution is -2.08. The van der Waals surface area contributed by atoms with Crippen molar-refractivity contribution in [3.05, 3.63) is 17.2 Å². The van der Waals surface area contributed by atoms with Crippen LogP contribution >= 0.6 is 0 Å². The van der Waals surface area contributed by atoms with Gasteiger partial charge in [0.25, 0.3) is 0 Å². The van der Waals surface area contributed by atoms with E-state index in [1.165, 1.54) is 25.3 Å². The summed E-state index contributed by atoms with van der Waals surface area (Å²) in [7, 11) is 0. The molecule has 0 aliphatic carbocycles. The van der Waals surface area contributed by atoms with Gasteiger partial charge in [-0.2, -0.15) is 0 Å². The summed E-state index contributed by atoms with van der Waals surface area (Å²) in [5.74, 6) is -2.11. The molecule has 25 heavy (non-hydrogen) atoms. The maximum Gasteiger partial charge on any atom is 0.343 e. The van der Waals surface area contributed by atoms with E-state index in [2.05, 4.69) is 13.8 Å². The smallest absolute Gasteiger partial charge is 0.343 e. The van der Waals surface area contributed by atoms with Crippen LogP contribution < -0.4 is 4.74 Å². The van der Waals surface area contributed by atoms with Crippen molar-refractivity contribution in [2.45, 2.75) is 78.1 Å². The number of aryl methyl sites for hydroxylation is 1. The molecule has 3 N–H and O–H groups in total. The van der Waals surface area contributed by atoms with Crippen LogP contribution in [0, 0.1) is 0 Å². The monoisotopic (exact) mass is 352 g/mol. The van der Waals surface area contributed by atoms with Gasteiger partial charge in [-0.3, -0.25) is 0 Å². The molecule has 0 atom stereocenters. The third-order valence-electron chi connectivity index (χ3n) is 4.32. The predicted molar refractivity (Wildman–Crippen MR) is 98.8 cm³/mol. The van der Waals surface area contributed by atoms with Crippen molar-refractivity contribution in [1.82, 2.24) is 0 Å². The minimum absolute atomic E-state index is 0.201.